The zero-order chi connectivity index (χ0) is 18.6. The van der Waals surface area contributed by atoms with Crippen molar-refractivity contribution < 1.29 is 14.3 Å². The van der Waals surface area contributed by atoms with Crippen LogP contribution in [-0.2, 0) is 9.53 Å². The molecule has 5 nitrogen and oxygen atoms in total. The molecule has 0 saturated heterocycles. The standard InChI is InChI=1S/C19H24N2O3S/c1-6-24-19(23)17-13(4)14(5)25-18(17)21-16(22)10-20-15-9-7-8-11(2)12(15)3/h7-9,20H,6,10H2,1-5H3,(H,21,22). The lowest BCUT2D eigenvalue weighted by Crippen LogP contribution is -2.23. The summed E-state index contributed by atoms with van der Waals surface area (Å²) in [6.45, 7) is 10.0. The van der Waals surface area contributed by atoms with Gasteiger partial charge < -0.3 is 15.4 Å². The molecule has 1 aromatic carbocycles. The Kier molecular flexibility index (Phi) is 6.20. The normalized spacial score (nSPS) is 10.4. The van der Waals surface area contributed by atoms with Crippen molar-refractivity contribution in [2.75, 3.05) is 23.8 Å². The van der Waals surface area contributed by atoms with Gasteiger partial charge in [-0.3, -0.25) is 4.79 Å². The van der Waals surface area contributed by atoms with Gasteiger partial charge in [0.05, 0.1) is 18.7 Å². The van der Waals surface area contributed by atoms with E-state index in [-0.39, 0.29) is 12.5 Å². The molecule has 1 aromatic heterocycles. The summed E-state index contributed by atoms with van der Waals surface area (Å²) in [7, 11) is 0. The summed E-state index contributed by atoms with van der Waals surface area (Å²) >= 11 is 1.39. The second-order valence-corrected chi connectivity index (χ2v) is 7.08. The summed E-state index contributed by atoms with van der Waals surface area (Å²) in [6.07, 6.45) is 0. The van der Waals surface area contributed by atoms with Crippen molar-refractivity contribution in [2.45, 2.75) is 34.6 Å². The molecular weight excluding hydrogens is 336 g/mol. The third-order valence-electron chi connectivity index (χ3n) is 4.16. The first-order valence-corrected chi connectivity index (χ1v) is 9.03. The summed E-state index contributed by atoms with van der Waals surface area (Å²) in [5.41, 5.74) is 4.51. The van der Waals surface area contributed by atoms with Crippen molar-refractivity contribution in [3.8, 4) is 0 Å². The zero-order valence-corrected chi connectivity index (χ0v) is 16.1. The van der Waals surface area contributed by atoms with Gasteiger partial charge in [0.25, 0.3) is 0 Å². The lowest BCUT2D eigenvalue weighted by molar-refractivity contribution is -0.114. The van der Waals surface area contributed by atoms with Gasteiger partial charge in [-0.15, -0.1) is 11.3 Å². The summed E-state index contributed by atoms with van der Waals surface area (Å²) < 4.78 is 5.10. The maximum atomic E-state index is 12.3. The van der Waals surface area contributed by atoms with Crippen molar-refractivity contribution in [3.63, 3.8) is 0 Å². The zero-order valence-electron chi connectivity index (χ0n) is 15.3. The van der Waals surface area contributed by atoms with Crippen molar-refractivity contribution in [1.82, 2.24) is 0 Å². The molecule has 0 bridgehead atoms. The number of esters is 1. The van der Waals surface area contributed by atoms with E-state index in [1.807, 2.05) is 45.9 Å². The Balaban J connectivity index is 2.09. The smallest absolute Gasteiger partial charge is 0.341 e. The fourth-order valence-corrected chi connectivity index (χ4v) is 3.52. The summed E-state index contributed by atoms with van der Waals surface area (Å²) in [5.74, 6) is -0.602. The van der Waals surface area contributed by atoms with E-state index in [2.05, 4.69) is 10.6 Å². The van der Waals surface area contributed by atoms with Crippen LogP contribution < -0.4 is 10.6 Å². The van der Waals surface area contributed by atoms with E-state index >= 15 is 0 Å². The van der Waals surface area contributed by atoms with Gasteiger partial charge in [-0.25, -0.2) is 4.79 Å². The quantitative estimate of drug-likeness (QED) is 0.757. The number of ether oxygens (including phenoxy) is 1. The molecule has 0 fully saturated rings. The number of nitrogens with one attached hydrogen (secondary N) is 2. The van der Waals surface area contributed by atoms with E-state index in [4.69, 9.17) is 4.74 Å². The lowest BCUT2D eigenvalue weighted by Gasteiger charge is -2.12. The molecule has 0 radical (unpaired) electrons. The maximum absolute atomic E-state index is 12.3. The van der Waals surface area contributed by atoms with Gasteiger partial charge in [-0.2, -0.15) is 0 Å². The molecule has 0 atom stereocenters. The van der Waals surface area contributed by atoms with Gasteiger partial charge in [-0.1, -0.05) is 12.1 Å². The average Bonchev–Trinajstić information content (AvgIpc) is 2.83. The molecular formula is C19H24N2O3S. The van der Waals surface area contributed by atoms with E-state index in [1.54, 1.807) is 6.92 Å². The third kappa shape index (κ3) is 4.39. The Labute approximate surface area is 152 Å². The number of rotatable bonds is 6. The fourth-order valence-electron chi connectivity index (χ4n) is 2.45. The first-order valence-electron chi connectivity index (χ1n) is 8.22. The Hall–Kier alpha value is -2.34. The summed E-state index contributed by atoms with van der Waals surface area (Å²) in [4.78, 5) is 25.5. The van der Waals surface area contributed by atoms with Crippen molar-refractivity contribution >= 4 is 33.9 Å². The van der Waals surface area contributed by atoms with Gasteiger partial charge >= 0.3 is 5.97 Å². The van der Waals surface area contributed by atoms with E-state index < -0.39 is 5.97 Å². The number of hydrogen-bond donors (Lipinski definition) is 2. The van der Waals surface area contributed by atoms with Gasteiger partial charge in [-0.05, 0) is 57.4 Å². The minimum absolute atomic E-state index is 0.128. The first-order chi connectivity index (χ1) is 11.8. The molecule has 1 amide bonds. The SMILES string of the molecule is CCOC(=O)c1c(NC(=O)CNc2cccc(C)c2C)sc(C)c1C. The maximum Gasteiger partial charge on any atom is 0.341 e. The van der Waals surface area contributed by atoms with Crippen LogP contribution in [0.1, 0.15) is 38.8 Å². The Morgan fingerprint density at radius 1 is 1.12 bits per heavy atom. The molecule has 0 aliphatic carbocycles. The number of amides is 1. The molecule has 0 spiro atoms. The monoisotopic (exact) mass is 360 g/mol. The van der Waals surface area contributed by atoms with E-state index in [1.165, 1.54) is 16.9 Å². The number of benzene rings is 1. The number of carbonyl (C=O) groups excluding carboxylic acids is 2. The molecule has 0 aliphatic heterocycles. The summed E-state index contributed by atoms with van der Waals surface area (Å²) in [6, 6.07) is 5.93. The van der Waals surface area contributed by atoms with Crippen LogP contribution in [0.2, 0.25) is 0 Å². The largest absolute Gasteiger partial charge is 0.462 e. The van der Waals surface area contributed by atoms with Crippen LogP contribution in [0, 0.1) is 27.7 Å². The van der Waals surface area contributed by atoms with Crippen molar-refractivity contribution in [3.05, 3.63) is 45.3 Å². The average molecular weight is 360 g/mol. The van der Waals surface area contributed by atoms with E-state index in [0.717, 1.165) is 21.7 Å². The van der Waals surface area contributed by atoms with Crippen molar-refractivity contribution in [1.29, 1.82) is 0 Å². The molecule has 2 aromatic rings. The highest BCUT2D eigenvalue weighted by Gasteiger charge is 2.22. The number of anilines is 2. The van der Waals surface area contributed by atoms with Crippen LogP contribution in [0.4, 0.5) is 10.7 Å². The molecule has 2 rings (SSSR count). The predicted molar refractivity (Wildman–Crippen MR) is 103 cm³/mol. The summed E-state index contributed by atoms with van der Waals surface area (Å²) in [5, 5.41) is 6.52. The molecule has 6 heteroatoms. The minimum atomic E-state index is -0.401. The third-order valence-corrected chi connectivity index (χ3v) is 5.28. The second-order valence-electron chi connectivity index (χ2n) is 5.86. The second kappa shape index (κ2) is 8.16. The topological polar surface area (TPSA) is 67.4 Å². The minimum Gasteiger partial charge on any atom is -0.462 e. The number of hydrogen-bond acceptors (Lipinski definition) is 5. The van der Waals surface area contributed by atoms with Gasteiger partial charge in [0.1, 0.15) is 5.00 Å². The molecule has 0 unspecified atom stereocenters. The van der Waals surface area contributed by atoms with E-state index in [0.29, 0.717) is 17.2 Å². The Morgan fingerprint density at radius 3 is 2.52 bits per heavy atom. The van der Waals surface area contributed by atoms with Crippen LogP contribution >= 0.6 is 11.3 Å². The Bertz CT molecular complexity index is 796. The van der Waals surface area contributed by atoms with Crippen LogP contribution in [-0.4, -0.2) is 25.0 Å². The molecule has 1 heterocycles. The fraction of sp³-hybridized carbons (Fsp3) is 0.368. The van der Waals surface area contributed by atoms with Crippen LogP contribution in [0.15, 0.2) is 18.2 Å². The highest BCUT2D eigenvalue weighted by molar-refractivity contribution is 7.16. The lowest BCUT2D eigenvalue weighted by atomic mass is 10.1. The highest BCUT2D eigenvalue weighted by Crippen LogP contribution is 2.33. The number of thiophene rings is 1. The number of aryl methyl sites for hydroxylation is 2. The van der Waals surface area contributed by atoms with Gasteiger partial charge in [0.15, 0.2) is 0 Å². The molecule has 0 saturated carbocycles. The Morgan fingerprint density at radius 2 is 1.84 bits per heavy atom. The molecule has 2 N–H and O–H groups in total. The molecule has 25 heavy (non-hydrogen) atoms. The van der Waals surface area contributed by atoms with E-state index in [9.17, 15) is 9.59 Å². The van der Waals surface area contributed by atoms with Crippen molar-refractivity contribution in [2.24, 2.45) is 0 Å². The highest BCUT2D eigenvalue weighted by atomic mass is 32.1. The van der Waals surface area contributed by atoms with Gasteiger partial charge in [0, 0.05) is 10.6 Å². The predicted octanol–water partition coefficient (Wildman–Crippen LogP) is 4.21. The van der Waals surface area contributed by atoms with Crippen LogP contribution in [0.3, 0.4) is 0 Å². The molecule has 0 aliphatic rings. The number of carbonyl (C=O) groups is 2. The molecule has 134 valence electrons. The first kappa shape index (κ1) is 19.0. The van der Waals surface area contributed by atoms with Crippen LogP contribution in [0.5, 0.6) is 0 Å². The van der Waals surface area contributed by atoms with Crippen LogP contribution in [0.25, 0.3) is 0 Å². The van der Waals surface area contributed by atoms with Gasteiger partial charge in [0.2, 0.25) is 5.91 Å².